The van der Waals surface area contributed by atoms with Gasteiger partial charge in [0.2, 0.25) is 0 Å². The van der Waals surface area contributed by atoms with Crippen LogP contribution in [0.4, 0.5) is 11.9 Å². The highest BCUT2D eigenvalue weighted by atomic mass is 79.9. The molecule has 0 aliphatic heterocycles. The molecule has 0 saturated carbocycles. The van der Waals surface area contributed by atoms with Gasteiger partial charge < -0.3 is 31.3 Å². The zero-order valence-electron chi connectivity index (χ0n) is 12.8. The van der Waals surface area contributed by atoms with Gasteiger partial charge in [0.05, 0.1) is 23.5 Å². The van der Waals surface area contributed by atoms with Crippen molar-refractivity contribution in [3.8, 4) is 11.5 Å². The maximum atomic E-state index is 9.68. The highest BCUT2D eigenvalue weighted by molar-refractivity contribution is 9.10. The lowest BCUT2D eigenvalue weighted by molar-refractivity contribution is 0.372. The Morgan fingerprint density at radius 1 is 1.21 bits per heavy atom. The van der Waals surface area contributed by atoms with Crippen molar-refractivity contribution >= 4 is 40.0 Å². The van der Waals surface area contributed by atoms with E-state index in [1.165, 1.54) is 7.11 Å². The van der Waals surface area contributed by atoms with E-state index < -0.39 is 0 Å². The fourth-order valence-electron chi connectivity index (χ4n) is 1.75. The standard InChI is InChI=1S/C12H12BrN3O2.C3H5N3/c1-18-10-5-7(4-9(13)11(10)17)2-3-8-6-15-12(14)16-8;4-3-5-1-2-6-3/h2-6,17H,1H3,(H3,14,15,16);1-2H,(H3,4,5,6)/b3-2+;. The molecule has 0 saturated heterocycles. The first kappa shape index (κ1) is 17.4. The van der Waals surface area contributed by atoms with Gasteiger partial charge in [0.25, 0.3) is 0 Å². The van der Waals surface area contributed by atoms with Crippen LogP contribution in [0.1, 0.15) is 11.3 Å². The van der Waals surface area contributed by atoms with Crippen LogP contribution in [0.2, 0.25) is 0 Å². The van der Waals surface area contributed by atoms with Crippen molar-refractivity contribution in [2.45, 2.75) is 0 Å². The molecule has 24 heavy (non-hydrogen) atoms. The highest BCUT2D eigenvalue weighted by Gasteiger charge is 2.07. The number of anilines is 2. The predicted octanol–water partition coefficient (Wildman–Crippen LogP) is 2.63. The molecule has 0 bridgehead atoms. The summed E-state index contributed by atoms with van der Waals surface area (Å²) in [6.07, 6.45) is 8.62. The largest absolute Gasteiger partial charge is 0.503 e. The number of hydrogen-bond donors (Lipinski definition) is 5. The Bertz CT molecular complexity index is 813. The number of phenolic OH excluding ortho intramolecular Hbond substituents is 1. The van der Waals surface area contributed by atoms with Crippen LogP contribution in [-0.4, -0.2) is 32.2 Å². The molecule has 2 aromatic heterocycles. The van der Waals surface area contributed by atoms with Gasteiger partial charge in [-0.2, -0.15) is 0 Å². The van der Waals surface area contributed by atoms with Gasteiger partial charge in [-0.25, -0.2) is 9.97 Å². The van der Waals surface area contributed by atoms with Gasteiger partial charge in [-0.15, -0.1) is 0 Å². The van der Waals surface area contributed by atoms with Crippen LogP contribution in [0.5, 0.6) is 11.5 Å². The number of benzene rings is 1. The van der Waals surface area contributed by atoms with Crippen LogP contribution in [0, 0.1) is 0 Å². The van der Waals surface area contributed by atoms with E-state index in [0.29, 0.717) is 22.1 Å². The lowest BCUT2D eigenvalue weighted by Crippen LogP contribution is -1.86. The minimum absolute atomic E-state index is 0.0837. The van der Waals surface area contributed by atoms with Crippen molar-refractivity contribution in [1.82, 2.24) is 19.9 Å². The van der Waals surface area contributed by atoms with Crippen molar-refractivity contribution in [1.29, 1.82) is 0 Å². The zero-order valence-corrected chi connectivity index (χ0v) is 14.4. The summed E-state index contributed by atoms with van der Waals surface area (Å²) in [6.45, 7) is 0. The third-order valence-electron chi connectivity index (χ3n) is 2.86. The van der Waals surface area contributed by atoms with Gasteiger partial charge >= 0.3 is 0 Å². The maximum Gasteiger partial charge on any atom is 0.197 e. The predicted molar refractivity (Wildman–Crippen MR) is 97.3 cm³/mol. The monoisotopic (exact) mass is 392 g/mol. The topological polar surface area (TPSA) is 139 Å². The summed E-state index contributed by atoms with van der Waals surface area (Å²) in [5, 5.41) is 9.68. The van der Waals surface area contributed by atoms with Crippen LogP contribution >= 0.6 is 15.9 Å². The Morgan fingerprint density at radius 2 is 2.00 bits per heavy atom. The Balaban J connectivity index is 0.000000292. The average molecular weight is 393 g/mol. The molecule has 3 aromatic rings. The molecule has 1 aromatic carbocycles. The Hall–Kier alpha value is -2.94. The molecule has 3 rings (SSSR count). The molecule has 0 amide bonds. The number of aromatic nitrogens is 4. The first-order valence-electron chi connectivity index (χ1n) is 6.79. The number of phenols is 1. The number of ether oxygens (including phenoxy) is 1. The molecule has 126 valence electrons. The van der Waals surface area contributed by atoms with Crippen LogP contribution in [0.3, 0.4) is 0 Å². The summed E-state index contributed by atoms with van der Waals surface area (Å²) in [7, 11) is 1.50. The zero-order chi connectivity index (χ0) is 17.5. The summed E-state index contributed by atoms with van der Waals surface area (Å²) in [5.74, 6) is 1.34. The summed E-state index contributed by atoms with van der Waals surface area (Å²) in [5.41, 5.74) is 12.3. The van der Waals surface area contributed by atoms with Gasteiger partial charge in [-0.1, -0.05) is 6.08 Å². The summed E-state index contributed by atoms with van der Waals surface area (Å²) < 4.78 is 5.64. The quantitative estimate of drug-likeness (QED) is 0.464. The summed E-state index contributed by atoms with van der Waals surface area (Å²) >= 11 is 3.26. The van der Waals surface area contributed by atoms with Gasteiger partial charge in [0.15, 0.2) is 23.4 Å². The number of nitrogens with one attached hydrogen (secondary N) is 2. The van der Waals surface area contributed by atoms with E-state index in [-0.39, 0.29) is 5.75 Å². The SMILES string of the molecule is COc1cc(/C=C/c2cnc(N)[nH]2)cc(Br)c1O.Nc1ncc[nH]1. The van der Waals surface area contributed by atoms with Gasteiger partial charge in [0.1, 0.15) is 0 Å². The number of nitrogens with two attached hydrogens (primary N) is 2. The second-order valence-electron chi connectivity index (χ2n) is 4.59. The van der Waals surface area contributed by atoms with Crippen LogP contribution in [0.25, 0.3) is 12.2 Å². The Labute approximate surface area is 146 Å². The number of halogens is 1. The number of hydrogen-bond acceptors (Lipinski definition) is 6. The number of nitrogens with zero attached hydrogens (tertiary/aromatic N) is 2. The van der Waals surface area contributed by atoms with Crippen molar-refractivity contribution in [2.24, 2.45) is 0 Å². The third-order valence-corrected chi connectivity index (χ3v) is 3.47. The molecule has 0 spiro atoms. The van der Waals surface area contributed by atoms with Crippen molar-refractivity contribution in [3.05, 3.63) is 46.5 Å². The highest BCUT2D eigenvalue weighted by Crippen LogP contribution is 2.35. The number of H-pyrrole nitrogens is 2. The van der Waals surface area contributed by atoms with Crippen molar-refractivity contribution in [2.75, 3.05) is 18.6 Å². The molecular formula is C15H17BrN6O2. The van der Waals surface area contributed by atoms with Crippen molar-refractivity contribution in [3.63, 3.8) is 0 Å². The number of nitrogen functional groups attached to an aromatic ring is 2. The molecule has 0 atom stereocenters. The van der Waals surface area contributed by atoms with E-state index in [2.05, 4.69) is 35.9 Å². The lowest BCUT2D eigenvalue weighted by atomic mass is 10.2. The summed E-state index contributed by atoms with van der Waals surface area (Å²) in [4.78, 5) is 13.1. The summed E-state index contributed by atoms with van der Waals surface area (Å²) in [6, 6.07) is 3.52. The lowest BCUT2D eigenvalue weighted by Gasteiger charge is -2.06. The van der Waals surface area contributed by atoms with E-state index in [0.717, 1.165) is 11.3 Å². The van der Waals surface area contributed by atoms with Gasteiger partial charge in [0, 0.05) is 12.4 Å². The minimum atomic E-state index is 0.0837. The first-order valence-corrected chi connectivity index (χ1v) is 7.58. The molecule has 9 heteroatoms. The number of aromatic hydroxyl groups is 1. The van der Waals surface area contributed by atoms with E-state index in [4.69, 9.17) is 16.2 Å². The van der Waals surface area contributed by atoms with E-state index in [1.54, 1.807) is 30.7 Å². The van der Waals surface area contributed by atoms with Crippen LogP contribution in [0.15, 0.2) is 35.2 Å². The molecule has 8 nitrogen and oxygen atoms in total. The third kappa shape index (κ3) is 4.78. The fraction of sp³-hybridized carbons (Fsp3) is 0.0667. The van der Waals surface area contributed by atoms with E-state index in [9.17, 15) is 5.11 Å². The molecular weight excluding hydrogens is 376 g/mol. The normalized spacial score (nSPS) is 10.4. The minimum Gasteiger partial charge on any atom is -0.503 e. The van der Waals surface area contributed by atoms with E-state index in [1.807, 2.05) is 12.2 Å². The molecule has 0 unspecified atom stereocenters. The number of methoxy groups -OCH3 is 1. The second-order valence-corrected chi connectivity index (χ2v) is 5.44. The molecule has 7 N–H and O–H groups in total. The average Bonchev–Trinajstić information content (AvgIpc) is 3.20. The molecule has 0 radical (unpaired) electrons. The Kier molecular flexibility index (Phi) is 5.85. The maximum absolute atomic E-state index is 9.68. The molecule has 0 aliphatic rings. The van der Waals surface area contributed by atoms with Crippen LogP contribution < -0.4 is 16.2 Å². The number of imidazole rings is 2. The number of rotatable bonds is 3. The smallest absolute Gasteiger partial charge is 0.197 e. The van der Waals surface area contributed by atoms with E-state index >= 15 is 0 Å². The Morgan fingerprint density at radius 3 is 2.50 bits per heavy atom. The van der Waals surface area contributed by atoms with Gasteiger partial charge in [-0.05, 0) is 39.7 Å². The fourth-order valence-corrected chi connectivity index (χ4v) is 2.21. The molecule has 0 fully saturated rings. The van der Waals surface area contributed by atoms with Crippen molar-refractivity contribution < 1.29 is 9.84 Å². The molecule has 2 heterocycles. The first-order chi connectivity index (χ1) is 11.5. The molecule has 0 aliphatic carbocycles. The van der Waals surface area contributed by atoms with Crippen LogP contribution in [-0.2, 0) is 0 Å². The van der Waals surface area contributed by atoms with Gasteiger partial charge in [-0.3, -0.25) is 0 Å². The second kappa shape index (κ2) is 8.06. The number of aromatic amines is 2.